The number of halogens is 4. The number of ether oxygens (including phenoxy) is 1. The van der Waals surface area contributed by atoms with Crippen molar-refractivity contribution in [3.05, 3.63) is 11.6 Å². The molecule has 5 nitrogen and oxygen atoms in total. The standard InChI is InChI=1S/C10H12F4N4O/c11-8(12)10(13,14)4-19-3-6-16-7(5-1-2-5)18-9(15)17-6/h5,8H,1-4H2,(H2,15,16,17,18). The predicted molar refractivity (Wildman–Crippen MR) is 56.8 cm³/mol. The van der Waals surface area contributed by atoms with Gasteiger partial charge in [0.2, 0.25) is 5.95 Å². The Kier molecular flexibility index (Phi) is 3.83. The average molecular weight is 280 g/mol. The fraction of sp³-hybridized carbons (Fsp3) is 0.700. The lowest BCUT2D eigenvalue weighted by Gasteiger charge is -2.14. The molecule has 0 unspecified atom stereocenters. The van der Waals surface area contributed by atoms with Crippen LogP contribution in [0.25, 0.3) is 0 Å². The molecule has 1 aliphatic rings. The van der Waals surface area contributed by atoms with Gasteiger partial charge in [-0.25, -0.2) is 13.8 Å². The lowest BCUT2D eigenvalue weighted by molar-refractivity contribution is -0.168. The fourth-order valence-corrected chi connectivity index (χ4v) is 1.39. The Hall–Kier alpha value is -1.51. The van der Waals surface area contributed by atoms with Gasteiger partial charge in [0.25, 0.3) is 0 Å². The highest BCUT2D eigenvalue weighted by Gasteiger charge is 2.41. The molecule has 1 aromatic rings. The van der Waals surface area contributed by atoms with Gasteiger partial charge in [-0.2, -0.15) is 18.7 Å². The van der Waals surface area contributed by atoms with Crippen molar-refractivity contribution < 1.29 is 22.3 Å². The number of anilines is 1. The summed E-state index contributed by atoms with van der Waals surface area (Å²) in [5.41, 5.74) is 5.44. The highest BCUT2D eigenvalue weighted by atomic mass is 19.3. The van der Waals surface area contributed by atoms with E-state index in [2.05, 4.69) is 19.7 Å². The van der Waals surface area contributed by atoms with Gasteiger partial charge in [0.1, 0.15) is 19.0 Å². The molecule has 1 fully saturated rings. The number of nitrogen functional groups attached to an aromatic ring is 1. The van der Waals surface area contributed by atoms with E-state index in [0.29, 0.717) is 5.82 Å². The summed E-state index contributed by atoms with van der Waals surface area (Å²) in [6, 6.07) is 0. The number of rotatable bonds is 6. The van der Waals surface area contributed by atoms with E-state index >= 15 is 0 Å². The van der Waals surface area contributed by atoms with Gasteiger partial charge in [-0.1, -0.05) is 0 Å². The first kappa shape index (κ1) is 13.9. The molecule has 0 saturated heterocycles. The zero-order chi connectivity index (χ0) is 14.0. The van der Waals surface area contributed by atoms with E-state index in [4.69, 9.17) is 5.73 Å². The molecule has 106 valence electrons. The predicted octanol–water partition coefficient (Wildman–Crippen LogP) is 1.75. The zero-order valence-corrected chi connectivity index (χ0v) is 9.82. The van der Waals surface area contributed by atoms with Crippen LogP contribution in [0.3, 0.4) is 0 Å². The van der Waals surface area contributed by atoms with Crippen LogP contribution in [0.1, 0.15) is 30.4 Å². The number of nitrogens with zero attached hydrogens (tertiary/aromatic N) is 3. The first-order valence-corrected chi connectivity index (χ1v) is 5.62. The van der Waals surface area contributed by atoms with Crippen LogP contribution < -0.4 is 5.73 Å². The molecule has 0 atom stereocenters. The molecule has 19 heavy (non-hydrogen) atoms. The quantitative estimate of drug-likeness (QED) is 0.803. The summed E-state index contributed by atoms with van der Waals surface area (Å²) in [6.07, 6.45) is -1.89. The third-order valence-corrected chi connectivity index (χ3v) is 2.50. The number of hydrogen-bond donors (Lipinski definition) is 1. The molecule has 1 heterocycles. The summed E-state index contributed by atoms with van der Waals surface area (Å²) in [6.45, 7) is -1.80. The first-order chi connectivity index (χ1) is 8.88. The Bertz CT molecular complexity index is 453. The fourth-order valence-electron chi connectivity index (χ4n) is 1.39. The largest absolute Gasteiger partial charge is 0.368 e. The summed E-state index contributed by atoms with van der Waals surface area (Å²) in [5, 5.41) is 0. The Balaban J connectivity index is 1.92. The van der Waals surface area contributed by atoms with Gasteiger partial charge in [-0.05, 0) is 12.8 Å². The van der Waals surface area contributed by atoms with E-state index in [1.807, 2.05) is 0 Å². The van der Waals surface area contributed by atoms with Crippen molar-refractivity contribution in [3.63, 3.8) is 0 Å². The molecular weight excluding hydrogens is 268 g/mol. The van der Waals surface area contributed by atoms with Gasteiger partial charge in [0.15, 0.2) is 5.82 Å². The van der Waals surface area contributed by atoms with Crippen LogP contribution in [0.15, 0.2) is 0 Å². The second kappa shape index (κ2) is 5.24. The maximum atomic E-state index is 12.6. The van der Waals surface area contributed by atoms with Gasteiger partial charge in [0, 0.05) is 5.92 Å². The van der Waals surface area contributed by atoms with E-state index < -0.39 is 25.6 Å². The molecule has 0 aliphatic heterocycles. The van der Waals surface area contributed by atoms with E-state index in [1.165, 1.54) is 0 Å². The number of nitrogens with two attached hydrogens (primary N) is 1. The highest BCUT2D eigenvalue weighted by molar-refractivity contribution is 5.19. The summed E-state index contributed by atoms with van der Waals surface area (Å²) in [7, 11) is 0. The minimum absolute atomic E-state index is 0.0314. The molecule has 1 aromatic heterocycles. The summed E-state index contributed by atoms with van der Waals surface area (Å²) < 4.78 is 53.5. The lowest BCUT2D eigenvalue weighted by atomic mass is 10.4. The maximum Gasteiger partial charge on any atom is 0.330 e. The van der Waals surface area contributed by atoms with Gasteiger partial charge < -0.3 is 10.5 Å². The maximum absolute atomic E-state index is 12.6. The molecule has 2 rings (SSSR count). The molecule has 0 amide bonds. The number of hydrogen-bond acceptors (Lipinski definition) is 5. The Morgan fingerprint density at radius 1 is 1.26 bits per heavy atom. The molecule has 1 aliphatic carbocycles. The lowest BCUT2D eigenvalue weighted by Crippen LogP contribution is -2.32. The third kappa shape index (κ3) is 3.72. The van der Waals surface area contributed by atoms with Crippen molar-refractivity contribution in [2.24, 2.45) is 0 Å². The second-order valence-electron chi connectivity index (χ2n) is 4.30. The average Bonchev–Trinajstić information content (AvgIpc) is 3.11. The van der Waals surface area contributed by atoms with E-state index in [-0.39, 0.29) is 17.7 Å². The van der Waals surface area contributed by atoms with E-state index in [0.717, 1.165) is 12.8 Å². The summed E-state index contributed by atoms with van der Waals surface area (Å²) in [5.74, 6) is -3.44. The Morgan fingerprint density at radius 3 is 2.53 bits per heavy atom. The first-order valence-electron chi connectivity index (χ1n) is 5.62. The van der Waals surface area contributed by atoms with Crippen LogP contribution in [0.2, 0.25) is 0 Å². The monoisotopic (exact) mass is 280 g/mol. The van der Waals surface area contributed by atoms with Crippen LogP contribution in [-0.4, -0.2) is 33.9 Å². The molecular formula is C10H12F4N4O. The smallest absolute Gasteiger partial charge is 0.330 e. The number of aromatic nitrogens is 3. The molecule has 0 bridgehead atoms. The summed E-state index contributed by atoms with van der Waals surface area (Å²) >= 11 is 0. The highest BCUT2D eigenvalue weighted by Crippen LogP contribution is 2.38. The van der Waals surface area contributed by atoms with Crippen LogP contribution in [0.5, 0.6) is 0 Å². The van der Waals surface area contributed by atoms with Gasteiger partial charge in [-0.15, -0.1) is 0 Å². The van der Waals surface area contributed by atoms with Gasteiger partial charge >= 0.3 is 12.3 Å². The van der Waals surface area contributed by atoms with E-state index in [1.54, 1.807) is 0 Å². The van der Waals surface area contributed by atoms with Crippen LogP contribution in [-0.2, 0) is 11.3 Å². The van der Waals surface area contributed by atoms with Crippen molar-refractivity contribution in [2.75, 3.05) is 12.3 Å². The molecule has 0 aromatic carbocycles. The molecule has 0 spiro atoms. The van der Waals surface area contributed by atoms with Crippen LogP contribution in [0.4, 0.5) is 23.5 Å². The molecule has 9 heteroatoms. The van der Waals surface area contributed by atoms with Crippen molar-refractivity contribution in [3.8, 4) is 0 Å². The van der Waals surface area contributed by atoms with Gasteiger partial charge in [-0.3, -0.25) is 0 Å². The zero-order valence-electron chi connectivity index (χ0n) is 9.82. The third-order valence-electron chi connectivity index (χ3n) is 2.50. The minimum Gasteiger partial charge on any atom is -0.368 e. The topological polar surface area (TPSA) is 73.9 Å². The SMILES string of the molecule is Nc1nc(COCC(F)(F)C(F)F)nc(C2CC2)n1. The molecule has 1 saturated carbocycles. The van der Waals surface area contributed by atoms with Gasteiger partial charge in [0.05, 0.1) is 0 Å². The van der Waals surface area contributed by atoms with Crippen molar-refractivity contribution in [1.29, 1.82) is 0 Å². The minimum atomic E-state index is -4.18. The normalized spacial score (nSPS) is 16.1. The van der Waals surface area contributed by atoms with Crippen molar-refractivity contribution >= 4 is 5.95 Å². The van der Waals surface area contributed by atoms with Crippen LogP contribution in [0, 0.1) is 0 Å². The Morgan fingerprint density at radius 2 is 1.95 bits per heavy atom. The molecule has 0 radical (unpaired) electrons. The van der Waals surface area contributed by atoms with Crippen LogP contribution >= 0.6 is 0 Å². The number of alkyl halides is 4. The molecule has 2 N–H and O–H groups in total. The van der Waals surface area contributed by atoms with Crippen molar-refractivity contribution in [2.45, 2.75) is 37.7 Å². The van der Waals surface area contributed by atoms with E-state index in [9.17, 15) is 17.6 Å². The Labute approximate surface area is 106 Å². The second-order valence-corrected chi connectivity index (χ2v) is 4.30. The van der Waals surface area contributed by atoms with Crippen molar-refractivity contribution in [1.82, 2.24) is 15.0 Å². The summed E-state index contributed by atoms with van der Waals surface area (Å²) in [4.78, 5) is 11.6.